The average molecular weight is 337 g/mol. The number of aryl methyl sites for hydroxylation is 2. The summed E-state index contributed by atoms with van der Waals surface area (Å²) < 4.78 is 0. The molecular formula is C12H14Hf-2. The summed E-state index contributed by atoms with van der Waals surface area (Å²) >= 11 is 0. The normalized spacial score (nSPS) is 11.8. The van der Waals surface area contributed by atoms with Crippen LogP contribution < -0.4 is 0 Å². The minimum Gasteiger partial charge on any atom is -0.273 e. The van der Waals surface area contributed by atoms with Crippen LogP contribution in [0.4, 0.5) is 0 Å². The Bertz CT molecular complexity index is 253. The van der Waals surface area contributed by atoms with Crippen LogP contribution in [-0.4, -0.2) is 0 Å². The molecule has 68 valence electrons. The molecule has 0 aliphatic heterocycles. The Kier molecular flexibility index (Phi) is 6.97. The molecule has 0 saturated heterocycles. The molecule has 0 radical (unpaired) electrons. The Labute approximate surface area is 99.5 Å². The number of rotatable bonds is 0. The monoisotopic (exact) mass is 338 g/mol. The van der Waals surface area contributed by atoms with E-state index in [2.05, 4.69) is 44.2 Å². The van der Waals surface area contributed by atoms with Crippen LogP contribution in [0.15, 0.2) is 36.4 Å². The van der Waals surface area contributed by atoms with Gasteiger partial charge in [0.15, 0.2) is 0 Å². The smallest absolute Gasteiger partial charge is 0 e. The molecule has 0 atom stereocenters. The molecule has 0 aromatic heterocycles. The van der Waals surface area contributed by atoms with Gasteiger partial charge >= 0.3 is 0 Å². The zero-order valence-electron chi connectivity index (χ0n) is 8.17. The van der Waals surface area contributed by atoms with Crippen molar-refractivity contribution in [3.05, 3.63) is 53.6 Å². The van der Waals surface area contributed by atoms with Crippen LogP contribution in [-0.2, 0) is 25.8 Å². The number of allylic oxidation sites excluding steroid dienone is 4. The predicted molar refractivity (Wildman–Crippen MR) is 53.1 cm³/mol. The Morgan fingerprint density at radius 3 is 2.38 bits per heavy atom. The molecule has 2 rings (SSSR count). The molecule has 1 aromatic carbocycles. The molecule has 0 fully saturated rings. The molecule has 0 nitrogen and oxygen atoms in total. The molecule has 13 heavy (non-hydrogen) atoms. The fraction of sp³-hybridized carbons (Fsp3) is 0.250. The van der Waals surface area contributed by atoms with Crippen molar-refractivity contribution in [1.29, 1.82) is 0 Å². The van der Waals surface area contributed by atoms with E-state index in [1.54, 1.807) is 0 Å². The SMILES string of the molecule is Cc1ccc[c-]1C.[C-]1=CC=CC1.[Hf]. The van der Waals surface area contributed by atoms with E-state index in [4.69, 9.17) is 0 Å². The van der Waals surface area contributed by atoms with Crippen LogP contribution in [0.1, 0.15) is 17.5 Å². The fourth-order valence-corrected chi connectivity index (χ4v) is 0.940. The van der Waals surface area contributed by atoms with Crippen molar-refractivity contribution in [3.63, 3.8) is 0 Å². The van der Waals surface area contributed by atoms with Gasteiger partial charge < -0.3 is 0 Å². The summed E-state index contributed by atoms with van der Waals surface area (Å²) in [5.41, 5.74) is 2.78. The summed E-state index contributed by atoms with van der Waals surface area (Å²) in [4.78, 5) is 0. The Morgan fingerprint density at radius 2 is 2.23 bits per heavy atom. The van der Waals surface area contributed by atoms with E-state index in [-0.39, 0.29) is 25.8 Å². The maximum atomic E-state index is 2.99. The summed E-state index contributed by atoms with van der Waals surface area (Å²) in [6.45, 7) is 4.24. The van der Waals surface area contributed by atoms with Crippen LogP contribution in [0.5, 0.6) is 0 Å². The second-order valence-corrected chi connectivity index (χ2v) is 2.89. The molecule has 0 saturated carbocycles. The number of hydrogen-bond acceptors (Lipinski definition) is 0. The summed E-state index contributed by atoms with van der Waals surface area (Å²) in [5, 5.41) is 0. The van der Waals surface area contributed by atoms with Gasteiger partial charge in [0, 0.05) is 25.8 Å². The van der Waals surface area contributed by atoms with Crippen molar-refractivity contribution in [2.45, 2.75) is 20.3 Å². The third kappa shape index (κ3) is 5.09. The molecule has 0 unspecified atom stereocenters. The third-order valence-corrected chi connectivity index (χ3v) is 1.90. The van der Waals surface area contributed by atoms with Gasteiger partial charge in [0.25, 0.3) is 0 Å². The minimum absolute atomic E-state index is 0. The topological polar surface area (TPSA) is 0 Å². The van der Waals surface area contributed by atoms with Crippen LogP contribution >= 0.6 is 0 Å². The van der Waals surface area contributed by atoms with E-state index in [9.17, 15) is 0 Å². The molecule has 0 bridgehead atoms. The molecule has 0 N–H and O–H groups in total. The second kappa shape index (κ2) is 7.14. The van der Waals surface area contributed by atoms with E-state index in [0.717, 1.165) is 6.42 Å². The maximum absolute atomic E-state index is 2.99. The average Bonchev–Trinajstić information content (AvgIpc) is 2.67. The van der Waals surface area contributed by atoms with Gasteiger partial charge in [0.2, 0.25) is 0 Å². The van der Waals surface area contributed by atoms with E-state index in [1.165, 1.54) is 11.1 Å². The zero-order valence-corrected chi connectivity index (χ0v) is 11.8. The summed E-state index contributed by atoms with van der Waals surface area (Å²) in [6, 6.07) is 6.31. The van der Waals surface area contributed by atoms with E-state index in [0.29, 0.717) is 0 Å². The van der Waals surface area contributed by atoms with Gasteiger partial charge in [0.05, 0.1) is 0 Å². The minimum atomic E-state index is 0. The van der Waals surface area contributed by atoms with Gasteiger partial charge in [0.1, 0.15) is 0 Å². The predicted octanol–water partition coefficient (Wildman–Crippen LogP) is 3.33. The van der Waals surface area contributed by atoms with Crippen molar-refractivity contribution < 1.29 is 25.8 Å². The van der Waals surface area contributed by atoms with E-state index >= 15 is 0 Å². The van der Waals surface area contributed by atoms with Crippen molar-refractivity contribution in [2.75, 3.05) is 0 Å². The van der Waals surface area contributed by atoms with Gasteiger partial charge in [-0.3, -0.25) is 6.08 Å². The zero-order chi connectivity index (χ0) is 8.81. The quantitative estimate of drug-likeness (QED) is 0.503. The van der Waals surface area contributed by atoms with Crippen LogP contribution in [0.2, 0.25) is 0 Å². The molecule has 0 heterocycles. The van der Waals surface area contributed by atoms with E-state index < -0.39 is 0 Å². The molecule has 1 aliphatic carbocycles. The molecule has 0 spiro atoms. The summed E-state index contributed by atoms with van der Waals surface area (Å²) in [6.07, 6.45) is 10.0. The van der Waals surface area contributed by atoms with Crippen molar-refractivity contribution in [2.24, 2.45) is 0 Å². The largest absolute Gasteiger partial charge is 0.273 e. The van der Waals surface area contributed by atoms with Gasteiger partial charge in [-0.05, 0) is 0 Å². The van der Waals surface area contributed by atoms with Gasteiger partial charge in [-0.25, -0.2) is 24.3 Å². The number of hydrogen-bond donors (Lipinski definition) is 0. The summed E-state index contributed by atoms with van der Waals surface area (Å²) in [5.74, 6) is 0. The molecule has 0 amide bonds. The first-order valence-corrected chi connectivity index (χ1v) is 4.21. The first-order valence-electron chi connectivity index (χ1n) is 4.21. The Morgan fingerprint density at radius 1 is 1.46 bits per heavy atom. The van der Waals surface area contributed by atoms with Crippen molar-refractivity contribution in [1.82, 2.24) is 0 Å². The van der Waals surface area contributed by atoms with E-state index in [1.807, 2.05) is 12.2 Å². The summed E-state index contributed by atoms with van der Waals surface area (Å²) in [7, 11) is 0. The van der Waals surface area contributed by atoms with Crippen molar-refractivity contribution >= 4 is 0 Å². The first-order chi connectivity index (χ1) is 5.80. The van der Waals surface area contributed by atoms with Crippen LogP contribution in [0.25, 0.3) is 0 Å². The Balaban J connectivity index is 0.000000215. The second-order valence-electron chi connectivity index (χ2n) is 2.89. The van der Waals surface area contributed by atoms with Gasteiger partial charge in [-0.1, -0.05) is 13.8 Å². The fourth-order valence-electron chi connectivity index (χ4n) is 0.940. The molecule has 1 heteroatoms. The van der Waals surface area contributed by atoms with Crippen LogP contribution in [0.3, 0.4) is 0 Å². The van der Waals surface area contributed by atoms with Gasteiger partial charge in [-0.2, -0.15) is 23.3 Å². The van der Waals surface area contributed by atoms with Gasteiger partial charge in [-0.15, -0.1) is 6.42 Å². The van der Waals surface area contributed by atoms with Crippen LogP contribution in [0, 0.1) is 19.9 Å². The van der Waals surface area contributed by atoms with Crippen molar-refractivity contribution in [3.8, 4) is 0 Å². The molecule has 1 aliphatic rings. The maximum Gasteiger partial charge on any atom is 0 e. The Hall–Kier alpha value is -0.300. The molecular weight excluding hydrogens is 323 g/mol. The standard InChI is InChI=1S/C7H9.C5H5.Hf/c1-6-4-3-5-7(6)2;1-2-4-5-3-1;/h3-5H,1-2H3;1-3H,4H2;/q2*-1;. The third-order valence-electron chi connectivity index (χ3n) is 1.90. The first kappa shape index (κ1) is 12.7. The molecule has 1 aromatic rings.